The Bertz CT molecular complexity index is 834. The van der Waals surface area contributed by atoms with Crippen molar-refractivity contribution in [3.63, 3.8) is 0 Å². The van der Waals surface area contributed by atoms with E-state index in [2.05, 4.69) is 23.1 Å². The fourth-order valence-corrected chi connectivity index (χ4v) is 4.27. The first-order valence-electron chi connectivity index (χ1n) is 8.71. The number of thiophene rings is 1. The van der Waals surface area contributed by atoms with Crippen molar-refractivity contribution in [2.45, 2.75) is 32.4 Å². The average Bonchev–Trinajstić information content (AvgIpc) is 3.14. The van der Waals surface area contributed by atoms with Gasteiger partial charge in [-0.2, -0.15) is 8.78 Å². The van der Waals surface area contributed by atoms with Gasteiger partial charge in [0.05, 0.1) is 13.2 Å². The van der Waals surface area contributed by atoms with Gasteiger partial charge in [0.2, 0.25) is 5.91 Å². The topological polar surface area (TPSA) is 38.8 Å². The van der Waals surface area contributed by atoms with Gasteiger partial charge >= 0.3 is 6.61 Å². The van der Waals surface area contributed by atoms with E-state index in [1.54, 1.807) is 29.5 Å². The second-order valence-corrected chi connectivity index (χ2v) is 7.13. The number of rotatable bonds is 6. The number of methoxy groups -OCH3 is 1. The molecule has 0 aliphatic carbocycles. The lowest BCUT2D eigenvalue weighted by Crippen LogP contribution is -2.38. The number of carbonyl (C=O) groups is 1. The highest BCUT2D eigenvalue weighted by Crippen LogP contribution is 2.35. The summed E-state index contributed by atoms with van der Waals surface area (Å²) in [4.78, 5) is 16.0. The summed E-state index contributed by atoms with van der Waals surface area (Å²) in [7, 11) is 1.38. The molecular weight excluding hydrogens is 372 g/mol. The van der Waals surface area contributed by atoms with Crippen LogP contribution in [-0.4, -0.2) is 31.1 Å². The number of hydrogen-bond acceptors (Lipinski definition) is 4. The van der Waals surface area contributed by atoms with Gasteiger partial charge in [-0.1, -0.05) is 13.0 Å². The van der Waals surface area contributed by atoms with Crippen molar-refractivity contribution < 1.29 is 23.0 Å². The first-order chi connectivity index (χ1) is 13.0. The predicted octanol–water partition coefficient (Wildman–Crippen LogP) is 4.91. The Kier molecular flexibility index (Phi) is 6.11. The van der Waals surface area contributed by atoms with Crippen LogP contribution < -0.4 is 9.47 Å². The molecule has 1 amide bonds. The van der Waals surface area contributed by atoms with Crippen LogP contribution in [0.3, 0.4) is 0 Å². The Morgan fingerprint density at radius 2 is 2.19 bits per heavy atom. The molecule has 144 valence electrons. The van der Waals surface area contributed by atoms with E-state index in [1.165, 1.54) is 29.7 Å². The number of alkyl halides is 2. The fraction of sp³-hybridized carbons (Fsp3) is 0.350. The normalized spacial score (nSPS) is 16.6. The largest absolute Gasteiger partial charge is 0.493 e. The van der Waals surface area contributed by atoms with Crippen LogP contribution in [0.4, 0.5) is 8.78 Å². The summed E-state index contributed by atoms with van der Waals surface area (Å²) in [6.45, 7) is -0.151. The monoisotopic (exact) mass is 393 g/mol. The van der Waals surface area contributed by atoms with Gasteiger partial charge in [0.15, 0.2) is 11.5 Å². The first-order valence-corrected chi connectivity index (χ1v) is 9.59. The lowest BCUT2D eigenvalue weighted by molar-refractivity contribution is -0.128. The number of nitrogens with zero attached hydrogens (tertiary/aromatic N) is 1. The summed E-state index contributed by atoms with van der Waals surface area (Å²) in [6, 6.07) is 6.76. The third-order valence-corrected chi connectivity index (χ3v) is 5.58. The van der Waals surface area contributed by atoms with E-state index in [0.29, 0.717) is 12.1 Å². The molecule has 1 aliphatic heterocycles. The van der Waals surface area contributed by atoms with E-state index in [4.69, 9.17) is 4.74 Å². The molecule has 1 aromatic heterocycles. The van der Waals surface area contributed by atoms with E-state index in [-0.39, 0.29) is 23.4 Å². The van der Waals surface area contributed by atoms with Crippen LogP contribution in [0.5, 0.6) is 11.5 Å². The van der Waals surface area contributed by atoms with Crippen LogP contribution in [0.25, 0.3) is 6.08 Å². The maximum atomic E-state index is 12.7. The predicted molar refractivity (Wildman–Crippen MR) is 101 cm³/mol. The van der Waals surface area contributed by atoms with Gasteiger partial charge in [-0.3, -0.25) is 4.79 Å². The van der Waals surface area contributed by atoms with Gasteiger partial charge in [0, 0.05) is 17.5 Å². The molecule has 2 aromatic rings. The van der Waals surface area contributed by atoms with Crippen molar-refractivity contribution in [1.29, 1.82) is 0 Å². The highest BCUT2D eigenvalue weighted by molar-refractivity contribution is 7.10. The summed E-state index contributed by atoms with van der Waals surface area (Å²) in [5.41, 5.74) is 1.91. The molecule has 0 saturated carbocycles. The van der Waals surface area contributed by atoms with E-state index in [9.17, 15) is 13.6 Å². The average molecular weight is 393 g/mol. The van der Waals surface area contributed by atoms with Crippen molar-refractivity contribution in [2.24, 2.45) is 0 Å². The van der Waals surface area contributed by atoms with Crippen molar-refractivity contribution in [1.82, 2.24) is 4.90 Å². The zero-order chi connectivity index (χ0) is 19.4. The third kappa shape index (κ3) is 4.30. The summed E-state index contributed by atoms with van der Waals surface area (Å²) >= 11 is 1.74. The highest BCUT2D eigenvalue weighted by Gasteiger charge is 2.29. The van der Waals surface area contributed by atoms with Gasteiger partial charge in [-0.25, -0.2) is 0 Å². The SMILES string of the molecule is CCC1c2ccsc2CCN1C(=O)/C=C/c1ccc(OC(F)F)c(OC)c1. The molecule has 0 fully saturated rings. The Hall–Kier alpha value is -2.41. The molecule has 1 atom stereocenters. The minimum Gasteiger partial charge on any atom is -0.493 e. The van der Waals surface area contributed by atoms with Crippen molar-refractivity contribution in [3.8, 4) is 11.5 Å². The Morgan fingerprint density at radius 1 is 1.37 bits per heavy atom. The number of ether oxygens (including phenoxy) is 2. The highest BCUT2D eigenvalue weighted by atomic mass is 32.1. The third-order valence-electron chi connectivity index (χ3n) is 4.59. The molecule has 4 nitrogen and oxygen atoms in total. The molecule has 1 unspecified atom stereocenters. The van der Waals surface area contributed by atoms with Gasteiger partial charge in [0.1, 0.15) is 0 Å². The maximum Gasteiger partial charge on any atom is 0.387 e. The van der Waals surface area contributed by atoms with Gasteiger partial charge in [0.25, 0.3) is 0 Å². The smallest absolute Gasteiger partial charge is 0.387 e. The van der Waals surface area contributed by atoms with Gasteiger partial charge < -0.3 is 14.4 Å². The van der Waals surface area contributed by atoms with Crippen molar-refractivity contribution >= 4 is 23.3 Å². The standard InChI is InChI=1S/C20H21F2NO3S/c1-3-15-14-9-11-27-18(14)8-10-23(15)19(24)7-5-13-4-6-16(26-20(21)22)17(12-13)25-2/h4-7,9,11-12,15,20H,3,8,10H2,1-2H3/b7-5+. The number of halogens is 2. The van der Waals surface area contributed by atoms with Crippen LogP contribution in [0.2, 0.25) is 0 Å². The summed E-state index contributed by atoms with van der Waals surface area (Å²) in [6.07, 6.45) is 4.91. The summed E-state index contributed by atoms with van der Waals surface area (Å²) in [5, 5.41) is 2.08. The molecule has 0 spiro atoms. The molecule has 3 rings (SSSR count). The van der Waals surface area contributed by atoms with E-state index >= 15 is 0 Å². The molecule has 2 heterocycles. The molecule has 27 heavy (non-hydrogen) atoms. The van der Waals surface area contributed by atoms with Crippen molar-refractivity contribution in [2.75, 3.05) is 13.7 Å². The lowest BCUT2D eigenvalue weighted by atomic mass is 9.97. The number of carbonyl (C=O) groups excluding carboxylic acids is 1. The van der Waals surface area contributed by atoms with Crippen LogP contribution >= 0.6 is 11.3 Å². The summed E-state index contributed by atoms with van der Waals surface area (Å²) < 4.78 is 34.3. The molecule has 1 aliphatic rings. The Labute approximate surface area is 161 Å². The van der Waals surface area contributed by atoms with Gasteiger partial charge in [-0.05, 0) is 53.6 Å². The zero-order valence-electron chi connectivity index (χ0n) is 15.2. The minimum atomic E-state index is -2.92. The molecule has 0 bridgehead atoms. The number of benzene rings is 1. The molecule has 7 heteroatoms. The second kappa shape index (κ2) is 8.52. The van der Waals surface area contributed by atoms with Gasteiger partial charge in [-0.15, -0.1) is 11.3 Å². The molecule has 0 saturated heterocycles. The minimum absolute atomic E-state index is 0.0389. The quantitative estimate of drug-likeness (QED) is 0.655. The van der Waals surface area contributed by atoms with Crippen molar-refractivity contribution in [3.05, 3.63) is 51.7 Å². The van der Waals surface area contributed by atoms with E-state index in [0.717, 1.165) is 12.8 Å². The van der Waals surface area contributed by atoms with Crippen LogP contribution in [0.1, 0.15) is 35.4 Å². The number of fused-ring (bicyclic) bond motifs is 1. The summed E-state index contributed by atoms with van der Waals surface area (Å²) in [5.74, 6) is 0.0887. The molecule has 1 aromatic carbocycles. The maximum absolute atomic E-state index is 12.7. The zero-order valence-corrected chi connectivity index (χ0v) is 16.0. The Morgan fingerprint density at radius 3 is 2.89 bits per heavy atom. The van der Waals surface area contributed by atoms with Crippen LogP contribution in [0.15, 0.2) is 35.7 Å². The molecular formula is C20H21F2NO3S. The number of amides is 1. The Balaban J connectivity index is 1.75. The number of hydrogen-bond donors (Lipinski definition) is 0. The van der Waals surface area contributed by atoms with Crippen LogP contribution in [0, 0.1) is 0 Å². The van der Waals surface area contributed by atoms with Crippen LogP contribution in [-0.2, 0) is 11.2 Å². The van der Waals surface area contributed by atoms with E-state index < -0.39 is 6.61 Å². The molecule has 0 N–H and O–H groups in total. The van der Waals surface area contributed by atoms with E-state index in [1.807, 2.05) is 4.90 Å². The first kappa shape index (κ1) is 19.4. The fourth-order valence-electron chi connectivity index (χ4n) is 3.34. The second-order valence-electron chi connectivity index (χ2n) is 6.13. The lowest BCUT2D eigenvalue weighted by Gasteiger charge is -2.34. The molecule has 0 radical (unpaired) electrons.